The Kier molecular flexibility index (Phi) is 2.92. The van der Waals surface area contributed by atoms with Gasteiger partial charge in [-0.15, -0.1) is 11.3 Å². The van der Waals surface area contributed by atoms with E-state index in [0.29, 0.717) is 4.88 Å². The van der Waals surface area contributed by atoms with Crippen LogP contribution in [0.5, 0.6) is 5.75 Å². The van der Waals surface area contributed by atoms with Crippen molar-refractivity contribution in [1.82, 2.24) is 0 Å². The van der Waals surface area contributed by atoms with Gasteiger partial charge < -0.3 is 10.5 Å². The van der Waals surface area contributed by atoms with Gasteiger partial charge in [0.1, 0.15) is 5.75 Å². The van der Waals surface area contributed by atoms with Crippen LogP contribution in [0.3, 0.4) is 0 Å². The molecule has 0 bridgehead atoms. The minimum absolute atomic E-state index is 0.407. The number of hydrogen-bond donors (Lipinski definition) is 1. The molecule has 0 spiro atoms. The molecule has 0 aliphatic carbocycles. The molecular weight excluding hydrogens is 222 g/mol. The van der Waals surface area contributed by atoms with Crippen molar-refractivity contribution in [1.29, 1.82) is 0 Å². The zero-order valence-corrected chi connectivity index (χ0v) is 9.58. The number of carbonyl (C=O) groups excluding carboxylic acids is 1. The number of methoxy groups -OCH3 is 1. The summed E-state index contributed by atoms with van der Waals surface area (Å²) >= 11 is 1.34. The predicted octanol–water partition coefficient (Wildman–Crippen LogP) is 2.52. The van der Waals surface area contributed by atoms with E-state index in [1.165, 1.54) is 11.3 Å². The van der Waals surface area contributed by atoms with Gasteiger partial charge in [0, 0.05) is 11.1 Å². The number of primary amides is 1. The number of amides is 1. The molecule has 0 saturated heterocycles. The average Bonchev–Trinajstić information content (AvgIpc) is 2.77. The largest absolute Gasteiger partial charge is 0.496 e. The second kappa shape index (κ2) is 4.37. The van der Waals surface area contributed by atoms with Crippen molar-refractivity contribution in [3.63, 3.8) is 0 Å². The van der Waals surface area contributed by atoms with E-state index in [0.717, 1.165) is 16.9 Å². The van der Waals surface area contributed by atoms with Gasteiger partial charge in [-0.2, -0.15) is 0 Å². The third kappa shape index (κ3) is 1.79. The van der Waals surface area contributed by atoms with Crippen LogP contribution in [0.1, 0.15) is 9.67 Å². The first-order valence-corrected chi connectivity index (χ1v) is 5.62. The van der Waals surface area contributed by atoms with Gasteiger partial charge in [-0.05, 0) is 17.5 Å². The number of para-hydroxylation sites is 1. The maximum atomic E-state index is 11.2. The van der Waals surface area contributed by atoms with Crippen LogP contribution in [0.2, 0.25) is 0 Å². The van der Waals surface area contributed by atoms with E-state index in [4.69, 9.17) is 10.5 Å². The maximum Gasteiger partial charge on any atom is 0.259 e. The summed E-state index contributed by atoms with van der Waals surface area (Å²) in [6, 6.07) is 9.44. The standard InChI is InChI=1S/C12H11NO2S/c1-15-10-5-3-2-4-8(10)9-6-7-16-11(9)12(13)14/h2-7H,1H3,(H2,13,14). The Hall–Kier alpha value is -1.81. The van der Waals surface area contributed by atoms with Gasteiger partial charge in [0.05, 0.1) is 12.0 Å². The van der Waals surface area contributed by atoms with Crippen LogP contribution < -0.4 is 10.5 Å². The molecule has 0 unspecified atom stereocenters. The molecule has 3 nitrogen and oxygen atoms in total. The second-order valence-corrected chi connectivity index (χ2v) is 4.14. The van der Waals surface area contributed by atoms with Crippen molar-refractivity contribution < 1.29 is 9.53 Å². The lowest BCUT2D eigenvalue weighted by Gasteiger charge is -2.07. The molecular formula is C12H11NO2S. The molecule has 1 heterocycles. The third-order valence-corrected chi connectivity index (χ3v) is 3.22. The summed E-state index contributed by atoms with van der Waals surface area (Å²) < 4.78 is 5.26. The molecule has 0 aliphatic rings. The van der Waals surface area contributed by atoms with E-state index in [2.05, 4.69) is 0 Å². The molecule has 2 aromatic rings. The molecule has 0 radical (unpaired) electrons. The summed E-state index contributed by atoms with van der Waals surface area (Å²) in [7, 11) is 1.61. The Morgan fingerprint density at radius 3 is 2.69 bits per heavy atom. The number of thiophene rings is 1. The van der Waals surface area contributed by atoms with Gasteiger partial charge in [0.2, 0.25) is 0 Å². The van der Waals surface area contributed by atoms with Crippen LogP contribution in [0.25, 0.3) is 11.1 Å². The van der Waals surface area contributed by atoms with Crippen LogP contribution >= 0.6 is 11.3 Å². The van der Waals surface area contributed by atoms with Crippen LogP contribution in [0.15, 0.2) is 35.7 Å². The SMILES string of the molecule is COc1ccccc1-c1ccsc1C(N)=O. The van der Waals surface area contributed by atoms with E-state index in [1.807, 2.05) is 35.7 Å². The lowest BCUT2D eigenvalue weighted by Crippen LogP contribution is -2.09. The van der Waals surface area contributed by atoms with E-state index < -0.39 is 5.91 Å². The van der Waals surface area contributed by atoms with Crippen LogP contribution in [-0.4, -0.2) is 13.0 Å². The Bertz CT molecular complexity index is 519. The molecule has 0 fully saturated rings. The zero-order valence-electron chi connectivity index (χ0n) is 8.77. The predicted molar refractivity (Wildman–Crippen MR) is 64.8 cm³/mol. The molecule has 2 N–H and O–H groups in total. The lowest BCUT2D eigenvalue weighted by atomic mass is 10.1. The zero-order chi connectivity index (χ0) is 11.5. The van der Waals surface area contributed by atoms with Crippen molar-refractivity contribution in [3.05, 3.63) is 40.6 Å². The Morgan fingerprint density at radius 2 is 2.00 bits per heavy atom. The fourth-order valence-corrected chi connectivity index (χ4v) is 2.34. The monoisotopic (exact) mass is 233 g/mol. The van der Waals surface area contributed by atoms with Gasteiger partial charge in [-0.3, -0.25) is 4.79 Å². The van der Waals surface area contributed by atoms with Gasteiger partial charge in [-0.25, -0.2) is 0 Å². The highest BCUT2D eigenvalue weighted by Gasteiger charge is 2.14. The smallest absolute Gasteiger partial charge is 0.259 e. The first-order chi connectivity index (χ1) is 7.74. The number of benzene rings is 1. The van der Waals surface area contributed by atoms with Crippen molar-refractivity contribution in [3.8, 4) is 16.9 Å². The summed E-state index contributed by atoms with van der Waals surface area (Å²) in [5.41, 5.74) is 7.04. The molecule has 2 rings (SSSR count). The number of carbonyl (C=O) groups is 1. The van der Waals surface area contributed by atoms with E-state index in [-0.39, 0.29) is 0 Å². The average molecular weight is 233 g/mol. The van der Waals surface area contributed by atoms with Gasteiger partial charge >= 0.3 is 0 Å². The summed E-state index contributed by atoms with van der Waals surface area (Å²) in [5, 5.41) is 1.85. The van der Waals surface area contributed by atoms with Crippen molar-refractivity contribution >= 4 is 17.2 Å². The molecule has 16 heavy (non-hydrogen) atoms. The van der Waals surface area contributed by atoms with E-state index in [9.17, 15) is 4.79 Å². The van der Waals surface area contributed by atoms with Gasteiger partial charge in [0.25, 0.3) is 5.91 Å². The minimum Gasteiger partial charge on any atom is -0.496 e. The third-order valence-electron chi connectivity index (χ3n) is 2.29. The molecule has 1 aromatic heterocycles. The Morgan fingerprint density at radius 1 is 1.25 bits per heavy atom. The fraction of sp³-hybridized carbons (Fsp3) is 0.0833. The quantitative estimate of drug-likeness (QED) is 0.885. The van der Waals surface area contributed by atoms with Crippen LogP contribution in [-0.2, 0) is 0 Å². The molecule has 4 heteroatoms. The first kappa shape index (κ1) is 10.7. The first-order valence-electron chi connectivity index (χ1n) is 4.74. The van der Waals surface area contributed by atoms with Crippen LogP contribution in [0.4, 0.5) is 0 Å². The number of hydrogen-bond acceptors (Lipinski definition) is 3. The topological polar surface area (TPSA) is 52.3 Å². The van der Waals surface area contributed by atoms with Crippen molar-refractivity contribution in [2.75, 3.05) is 7.11 Å². The second-order valence-electron chi connectivity index (χ2n) is 3.23. The lowest BCUT2D eigenvalue weighted by molar-refractivity contribution is 0.100. The Labute approximate surface area is 97.5 Å². The highest BCUT2D eigenvalue weighted by molar-refractivity contribution is 7.12. The fourth-order valence-electron chi connectivity index (χ4n) is 1.58. The highest BCUT2D eigenvalue weighted by atomic mass is 32.1. The van der Waals surface area contributed by atoms with E-state index >= 15 is 0 Å². The number of ether oxygens (including phenoxy) is 1. The number of rotatable bonds is 3. The van der Waals surface area contributed by atoms with Crippen molar-refractivity contribution in [2.45, 2.75) is 0 Å². The highest BCUT2D eigenvalue weighted by Crippen LogP contribution is 2.34. The molecule has 0 saturated carbocycles. The molecule has 82 valence electrons. The van der Waals surface area contributed by atoms with Gasteiger partial charge in [0.15, 0.2) is 0 Å². The molecule has 0 atom stereocenters. The van der Waals surface area contributed by atoms with E-state index in [1.54, 1.807) is 7.11 Å². The molecule has 1 aromatic carbocycles. The summed E-state index contributed by atoms with van der Waals surface area (Å²) in [5.74, 6) is 0.333. The summed E-state index contributed by atoms with van der Waals surface area (Å²) in [6.45, 7) is 0. The minimum atomic E-state index is -0.407. The Balaban J connectivity index is 2.58. The summed E-state index contributed by atoms with van der Waals surface area (Å²) in [4.78, 5) is 11.8. The molecule has 1 amide bonds. The number of nitrogens with two attached hydrogens (primary N) is 1. The van der Waals surface area contributed by atoms with Crippen molar-refractivity contribution in [2.24, 2.45) is 5.73 Å². The maximum absolute atomic E-state index is 11.2. The van der Waals surface area contributed by atoms with Crippen LogP contribution in [0, 0.1) is 0 Å². The normalized spacial score (nSPS) is 10.1. The summed E-state index contributed by atoms with van der Waals surface area (Å²) in [6.07, 6.45) is 0. The molecule has 0 aliphatic heterocycles. The van der Waals surface area contributed by atoms with Gasteiger partial charge in [-0.1, -0.05) is 18.2 Å².